The Morgan fingerprint density at radius 2 is 1.80 bits per heavy atom. The van der Waals surface area contributed by atoms with Gasteiger partial charge in [-0.15, -0.1) is 0 Å². The Kier molecular flexibility index (Phi) is 3.92. The lowest BCUT2D eigenvalue weighted by Gasteiger charge is -2.13. The molecule has 0 heterocycles. The largest absolute Gasteiger partial charge is 0.397 e. The minimum absolute atomic E-state index is 0.233. The third-order valence-electron chi connectivity index (χ3n) is 2.89. The molecule has 0 aliphatic carbocycles. The maximum atomic E-state index is 12.4. The molecule has 2 rings (SSSR count). The molecule has 0 aliphatic heterocycles. The first kappa shape index (κ1) is 14.7. The van der Waals surface area contributed by atoms with Gasteiger partial charge >= 0.3 is 0 Å². The van der Waals surface area contributed by atoms with Gasteiger partial charge in [-0.05, 0) is 49.2 Å². The number of anilines is 2. The summed E-state index contributed by atoms with van der Waals surface area (Å²) in [5.74, 6) is 0. The molecule has 0 radical (unpaired) electrons. The molecule has 0 bridgehead atoms. The summed E-state index contributed by atoms with van der Waals surface area (Å²) < 4.78 is 27.3. The van der Waals surface area contributed by atoms with E-state index in [1.54, 1.807) is 31.2 Å². The van der Waals surface area contributed by atoms with E-state index in [4.69, 9.17) is 17.3 Å². The second-order valence-corrected chi connectivity index (χ2v) is 6.69. The van der Waals surface area contributed by atoms with E-state index >= 15 is 0 Å². The topological polar surface area (TPSA) is 72.2 Å². The molecule has 20 heavy (non-hydrogen) atoms. The van der Waals surface area contributed by atoms with Crippen LogP contribution in [0.25, 0.3) is 0 Å². The number of hydrogen-bond acceptors (Lipinski definition) is 3. The lowest BCUT2D eigenvalue weighted by atomic mass is 10.2. The molecule has 0 spiro atoms. The molecule has 0 saturated carbocycles. The number of nitrogens with two attached hydrogens (primary N) is 1. The highest BCUT2D eigenvalue weighted by atomic mass is 35.5. The number of aryl methyl sites for hydroxylation is 2. The maximum absolute atomic E-state index is 12.4. The Morgan fingerprint density at radius 1 is 1.10 bits per heavy atom. The van der Waals surface area contributed by atoms with E-state index in [0.29, 0.717) is 16.3 Å². The minimum atomic E-state index is -3.69. The molecule has 106 valence electrons. The third-order valence-corrected chi connectivity index (χ3v) is 4.64. The first-order chi connectivity index (χ1) is 9.29. The number of nitrogens with one attached hydrogen (secondary N) is 1. The molecule has 3 N–H and O–H groups in total. The zero-order chi connectivity index (χ0) is 14.9. The molecule has 0 aromatic heterocycles. The molecule has 2 aromatic rings. The van der Waals surface area contributed by atoms with Crippen molar-refractivity contribution in [2.45, 2.75) is 18.7 Å². The summed E-state index contributed by atoms with van der Waals surface area (Å²) in [6.07, 6.45) is 0. The number of halogens is 1. The maximum Gasteiger partial charge on any atom is 0.262 e. The second kappa shape index (κ2) is 5.34. The molecular formula is C14H15ClN2O2S. The quantitative estimate of drug-likeness (QED) is 0.854. The van der Waals surface area contributed by atoms with Crippen LogP contribution in [0, 0.1) is 13.8 Å². The van der Waals surface area contributed by atoms with Gasteiger partial charge in [-0.2, -0.15) is 0 Å². The van der Waals surface area contributed by atoms with Gasteiger partial charge in [0.05, 0.1) is 16.3 Å². The van der Waals surface area contributed by atoms with Crippen LogP contribution in [-0.2, 0) is 10.0 Å². The van der Waals surface area contributed by atoms with Crippen molar-refractivity contribution in [3.05, 3.63) is 52.5 Å². The fraction of sp³-hybridized carbons (Fsp3) is 0.143. The van der Waals surface area contributed by atoms with Crippen LogP contribution >= 0.6 is 11.6 Å². The zero-order valence-electron chi connectivity index (χ0n) is 11.1. The monoisotopic (exact) mass is 310 g/mol. The van der Waals surface area contributed by atoms with Crippen LogP contribution in [0.3, 0.4) is 0 Å². The zero-order valence-corrected chi connectivity index (χ0v) is 12.7. The van der Waals surface area contributed by atoms with Crippen molar-refractivity contribution >= 4 is 33.0 Å². The Hall–Kier alpha value is -1.72. The minimum Gasteiger partial charge on any atom is -0.397 e. The van der Waals surface area contributed by atoms with Gasteiger partial charge < -0.3 is 5.73 Å². The van der Waals surface area contributed by atoms with Crippen LogP contribution in [0.15, 0.2) is 41.3 Å². The summed E-state index contributed by atoms with van der Waals surface area (Å²) in [7, 11) is -3.69. The molecule has 0 unspecified atom stereocenters. The molecule has 0 fully saturated rings. The Labute approximate surface area is 123 Å². The van der Waals surface area contributed by atoms with Crippen LogP contribution in [0.1, 0.15) is 11.1 Å². The van der Waals surface area contributed by atoms with Crippen molar-refractivity contribution in [1.29, 1.82) is 0 Å². The van der Waals surface area contributed by atoms with Crippen LogP contribution < -0.4 is 10.5 Å². The highest BCUT2D eigenvalue weighted by Crippen LogP contribution is 2.27. The van der Waals surface area contributed by atoms with Gasteiger partial charge in [0.2, 0.25) is 0 Å². The Balaban J connectivity index is 2.46. The van der Waals surface area contributed by atoms with Gasteiger partial charge in [0.25, 0.3) is 10.0 Å². The molecule has 4 nitrogen and oxygen atoms in total. The van der Waals surface area contributed by atoms with Crippen molar-refractivity contribution in [2.24, 2.45) is 0 Å². The van der Waals surface area contributed by atoms with Gasteiger partial charge in [0, 0.05) is 5.02 Å². The highest BCUT2D eigenvalue weighted by Gasteiger charge is 2.18. The summed E-state index contributed by atoms with van der Waals surface area (Å²) >= 11 is 5.86. The SMILES string of the molecule is Cc1ccc(C)c(S(=O)(=O)Nc2cc(Cl)ccc2N)c1. The van der Waals surface area contributed by atoms with Crippen LogP contribution in [0.2, 0.25) is 5.02 Å². The molecule has 0 saturated heterocycles. The van der Waals surface area contributed by atoms with Crippen molar-refractivity contribution in [3.8, 4) is 0 Å². The van der Waals surface area contributed by atoms with E-state index in [2.05, 4.69) is 4.72 Å². The average molecular weight is 311 g/mol. The van der Waals surface area contributed by atoms with E-state index < -0.39 is 10.0 Å². The highest BCUT2D eigenvalue weighted by molar-refractivity contribution is 7.92. The number of sulfonamides is 1. The summed E-state index contributed by atoms with van der Waals surface area (Å²) in [5, 5.41) is 0.415. The van der Waals surface area contributed by atoms with Crippen LogP contribution in [-0.4, -0.2) is 8.42 Å². The van der Waals surface area contributed by atoms with Gasteiger partial charge in [0.15, 0.2) is 0 Å². The van der Waals surface area contributed by atoms with Gasteiger partial charge in [-0.1, -0.05) is 23.7 Å². The number of nitrogen functional groups attached to an aromatic ring is 1. The van der Waals surface area contributed by atoms with E-state index in [9.17, 15) is 8.42 Å². The first-order valence-corrected chi connectivity index (χ1v) is 7.81. The summed E-state index contributed by atoms with van der Waals surface area (Å²) in [6.45, 7) is 3.58. The van der Waals surface area contributed by atoms with Gasteiger partial charge in [-0.25, -0.2) is 8.42 Å². The average Bonchev–Trinajstić information content (AvgIpc) is 2.36. The molecule has 0 amide bonds. The number of benzene rings is 2. The summed E-state index contributed by atoms with van der Waals surface area (Å²) in [5.41, 5.74) is 7.90. The lowest BCUT2D eigenvalue weighted by Crippen LogP contribution is -2.15. The fourth-order valence-corrected chi connectivity index (χ4v) is 3.39. The van der Waals surface area contributed by atoms with E-state index in [-0.39, 0.29) is 10.6 Å². The normalized spacial score (nSPS) is 11.3. The van der Waals surface area contributed by atoms with E-state index in [0.717, 1.165) is 5.56 Å². The van der Waals surface area contributed by atoms with Crippen molar-refractivity contribution in [3.63, 3.8) is 0 Å². The predicted octanol–water partition coefficient (Wildman–Crippen LogP) is 3.34. The molecular weight excluding hydrogens is 296 g/mol. The van der Waals surface area contributed by atoms with Crippen LogP contribution in [0.4, 0.5) is 11.4 Å². The number of rotatable bonds is 3. The number of hydrogen-bond donors (Lipinski definition) is 2. The standard InChI is InChI=1S/C14H15ClN2O2S/c1-9-3-4-10(2)14(7-9)20(18,19)17-13-8-11(15)5-6-12(13)16/h3-8,17H,16H2,1-2H3. The molecule has 2 aromatic carbocycles. The van der Waals surface area contributed by atoms with E-state index in [1.165, 1.54) is 6.07 Å². The second-order valence-electron chi connectivity index (χ2n) is 4.61. The first-order valence-electron chi connectivity index (χ1n) is 5.95. The smallest absolute Gasteiger partial charge is 0.262 e. The predicted molar refractivity (Wildman–Crippen MR) is 82.6 cm³/mol. The molecule has 0 aliphatic rings. The Bertz CT molecular complexity index is 758. The molecule has 6 heteroatoms. The third kappa shape index (κ3) is 3.05. The lowest BCUT2D eigenvalue weighted by molar-refractivity contribution is 0.600. The van der Waals surface area contributed by atoms with Gasteiger partial charge in [0.1, 0.15) is 0 Å². The van der Waals surface area contributed by atoms with E-state index in [1.807, 2.05) is 13.0 Å². The van der Waals surface area contributed by atoms with Gasteiger partial charge in [-0.3, -0.25) is 4.72 Å². The van der Waals surface area contributed by atoms with Crippen molar-refractivity contribution < 1.29 is 8.42 Å². The van der Waals surface area contributed by atoms with Crippen molar-refractivity contribution in [1.82, 2.24) is 0 Å². The summed E-state index contributed by atoms with van der Waals surface area (Å²) in [4.78, 5) is 0.233. The molecule has 0 atom stereocenters. The fourth-order valence-electron chi connectivity index (χ4n) is 1.81. The summed E-state index contributed by atoms with van der Waals surface area (Å²) in [6, 6.07) is 9.90. The van der Waals surface area contributed by atoms with Crippen LogP contribution in [0.5, 0.6) is 0 Å². The Morgan fingerprint density at radius 3 is 2.50 bits per heavy atom. The van der Waals surface area contributed by atoms with Crippen molar-refractivity contribution in [2.75, 3.05) is 10.5 Å².